The predicted octanol–water partition coefficient (Wildman–Crippen LogP) is 1.58. The lowest BCUT2D eigenvalue weighted by molar-refractivity contribution is -0.386. The maximum absolute atomic E-state index is 11.4. The van der Waals surface area contributed by atoms with Crippen molar-refractivity contribution in [1.29, 1.82) is 0 Å². The van der Waals surface area contributed by atoms with Gasteiger partial charge in [0.05, 0.1) is 17.1 Å². The lowest BCUT2D eigenvalue weighted by Gasteiger charge is -2.10. The van der Waals surface area contributed by atoms with Gasteiger partial charge in [-0.1, -0.05) is 19.1 Å². The molecule has 1 N–H and O–H groups in total. The second kappa shape index (κ2) is 5.95. The highest BCUT2D eigenvalue weighted by molar-refractivity contribution is 5.77. The number of carbonyl (C=O) groups excluding carboxylic acids is 1. The Bertz CT molecular complexity index is 418. The van der Waals surface area contributed by atoms with Gasteiger partial charge in [-0.15, -0.1) is 0 Å². The fraction of sp³-hybridized carbons (Fsp3) is 0.364. The Kier molecular flexibility index (Phi) is 4.59. The molecule has 0 aliphatic carbocycles. The number of nitro groups is 1. The van der Waals surface area contributed by atoms with Crippen LogP contribution >= 0.6 is 0 Å². The molecule has 1 aromatic carbocycles. The summed E-state index contributed by atoms with van der Waals surface area (Å²) in [4.78, 5) is 21.4. The number of carbonyl (C=O) groups is 1. The SMILES string of the molecule is CCCOC(=O)C(O)c1ccccc1[N+](=O)[O-]. The van der Waals surface area contributed by atoms with E-state index in [0.717, 1.165) is 0 Å². The lowest BCUT2D eigenvalue weighted by Crippen LogP contribution is -2.17. The minimum Gasteiger partial charge on any atom is -0.464 e. The Hall–Kier alpha value is -1.95. The van der Waals surface area contributed by atoms with Gasteiger partial charge in [0.1, 0.15) is 0 Å². The third-order valence-corrected chi connectivity index (χ3v) is 2.10. The lowest BCUT2D eigenvalue weighted by atomic mass is 10.1. The highest BCUT2D eigenvalue weighted by Crippen LogP contribution is 2.25. The fourth-order valence-electron chi connectivity index (χ4n) is 1.29. The zero-order chi connectivity index (χ0) is 12.8. The smallest absolute Gasteiger partial charge is 0.339 e. The minimum absolute atomic E-state index is 0.0568. The maximum Gasteiger partial charge on any atom is 0.339 e. The third-order valence-electron chi connectivity index (χ3n) is 2.10. The largest absolute Gasteiger partial charge is 0.464 e. The Morgan fingerprint density at radius 2 is 2.18 bits per heavy atom. The molecule has 0 amide bonds. The number of para-hydroxylation sites is 1. The molecule has 1 unspecified atom stereocenters. The molecule has 0 saturated heterocycles. The van der Waals surface area contributed by atoms with Crippen molar-refractivity contribution < 1.29 is 19.6 Å². The van der Waals surface area contributed by atoms with Crippen LogP contribution in [0.15, 0.2) is 24.3 Å². The number of rotatable bonds is 5. The number of benzene rings is 1. The predicted molar refractivity (Wildman–Crippen MR) is 59.3 cm³/mol. The summed E-state index contributed by atoms with van der Waals surface area (Å²) in [5.41, 5.74) is -0.355. The van der Waals surface area contributed by atoms with Crippen LogP contribution in [0, 0.1) is 10.1 Å². The van der Waals surface area contributed by atoms with Crippen molar-refractivity contribution in [3.63, 3.8) is 0 Å². The molecule has 1 rings (SSSR count). The molecule has 17 heavy (non-hydrogen) atoms. The quantitative estimate of drug-likeness (QED) is 0.478. The standard InChI is InChI=1S/C11H13NO5/c1-2-7-17-11(14)10(13)8-5-3-4-6-9(8)12(15)16/h3-6,10,13H,2,7H2,1H3. The average Bonchev–Trinajstić information content (AvgIpc) is 2.34. The van der Waals surface area contributed by atoms with E-state index in [1.807, 2.05) is 6.92 Å². The van der Waals surface area contributed by atoms with Crippen LogP contribution in [0.2, 0.25) is 0 Å². The van der Waals surface area contributed by atoms with Gasteiger partial charge >= 0.3 is 5.97 Å². The molecule has 1 aromatic rings. The van der Waals surface area contributed by atoms with Gasteiger partial charge in [0.2, 0.25) is 0 Å². The summed E-state index contributed by atoms with van der Waals surface area (Å²) in [6, 6.07) is 5.53. The van der Waals surface area contributed by atoms with Gasteiger partial charge in [-0.25, -0.2) is 4.79 Å². The number of aliphatic hydroxyl groups excluding tert-OH is 1. The van der Waals surface area contributed by atoms with E-state index in [1.165, 1.54) is 24.3 Å². The molecule has 6 nitrogen and oxygen atoms in total. The molecule has 0 heterocycles. The van der Waals surface area contributed by atoms with Crippen molar-refractivity contribution in [3.05, 3.63) is 39.9 Å². The molecule has 0 fully saturated rings. The van der Waals surface area contributed by atoms with E-state index in [9.17, 15) is 20.0 Å². The van der Waals surface area contributed by atoms with Crippen molar-refractivity contribution in [2.24, 2.45) is 0 Å². The summed E-state index contributed by atoms with van der Waals surface area (Å²) in [7, 11) is 0. The molecule has 0 aliphatic heterocycles. The molecule has 0 aromatic heterocycles. The van der Waals surface area contributed by atoms with Gasteiger partial charge in [-0.3, -0.25) is 10.1 Å². The van der Waals surface area contributed by atoms with Crippen LogP contribution in [0.4, 0.5) is 5.69 Å². The Morgan fingerprint density at radius 3 is 2.76 bits per heavy atom. The first-order valence-electron chi connectivity index (χ1n) is 5.16. The normalized spacial score (nSPS) is 11.9. The van der Waals surface area contributed by atoms with E-state index in [2.05, 4.69) is 0 Å². The molecular weight excluding hydrogens is 226 g/mol. The zero-order valence-corrected chi connectivity index (χ0v) is 9.33. The molecule has 92 valence electrons. The number of nitrogens with zero attached hydrogens (tertiary/aromatic N) is 1. The molecule has 0 spiro atoms. The van der Waals surface area contributed by atoms with Crippen LogP contribution < -0.4 is 0 Å². The molecular formula is C11H13NO5. The van der Waals surface area contributed by atoms with Gasteiger partial charge in [0.25, 0.3) is 5.69 Å². The number of hydrogen-bond acceptors (Lipinski definition) is 5. The summed E-state index contributed by atoms with van der Waals surface area (Å²) >= 11 is 0. The van der Waals surface area contributed by atoms with Crippen LogP contribution in [0.1, 0.15) is 25.0 Å². The van der Waals surface area contributed by atoms with Gasteiger partial charge in [-0.05, 0) is 12.5 Å². The first-order valence-corrected chi connectivity index (χ1v) is 5.16. The van der Waals surface area contributed by atoms with Crippen molar-refractivity contribution in [1.82, 2.24) is 0 Å². The van der Waals surface area contributed by atoms with Crippen molar-refractivity contribution in [3.8, 4) is 0 Å². The van der Waals surface area contributed by atoms with E-state index in [1.54, 1.807) is 0 Å². The molecule has 0 bridgehead atoms. The highest BCUT2D eigenvalue weighted by atomic mass is 16.6. The number of aliphatic hydroxyl groups is 1. The Labute approximate surface area is 98.0 Å². The van der Waals surface area contributed by atoms with Gasteiger partial charge in [0, 0.05) is 6.07 Å². The topological polar surface area (TPSA) is 89.7 Å². The van der Waals surface area contributed by atoms with E-state index in [4.69, 9.17) is 4.74 Å². The van der Waals surface area contributed by atoms with E-state index < -0.39 is 17.0 Å². The highest BCUT2D eigenvalue weighted by Gasteiger charge is 2.26. The van der Waals surface area contributed by atoms with Crippen LogP contribution in [0.25, 0.3) is 0 Å². The molecule has 0 radical (unpaired) electrons. The van der Waals surface area contributed by atoms with Crippen LogP contribution in [0.5, 0.6) is 0 Å². The van der Waals surface area contributed by atoms with E-state index >= 15 is 0 Å². The molecule has 6 heteroatoms. The Morgan fingerprint density at radius 1 is 1.53 bits per heavy atom. The summed E-state index contributed by atoms with van der Waals surface area (Å²) in [5, 5.41) is 20.4. The second-order valence-corrected chi connectivity index (χ2v) is 3.39. The van der Waals surface area contributed by atoms with Gasteiger partial charge in [0.15, 0.2) is 6.10 Å². The average molecular weight is 239 g/mol. The van der Waals surface area contributed by atoms with Crippen LogP contribution in [0.3, 0.4) is 0 Å². The fourth-order valence-corrected chi connectivity index (χ4v) is 1.29. The summed E-state index contributed by atoms with van der Waals surface area (Å²) < 4.78 is 4.73. The van der Waals surface area contributed by atoms with Crippen molar-refractivity contribution in [2.75, 3.05) is 6.61 Å². The number of nitro benzene ring substituents is 1. The number of ether oxygens (including phenoxy) is 1. The molecule has 0 saturated carbocycles. The first-order chi connectivity index (χ1) is 8.07. The van der Waals surface area contributed by atoms with E-state index in [-0.39, 0.29) is 17.9 Å². The third kappa shape index (κ3) is 3.25. The van der Waals surface area contributed by atoms with Gasteiger partial charge < -0.3 is 9.84 Å². The van der Waals surface area contributed by atoms with Crippen LogP contribution in [-0.2, 0) is 9.53 Å². The van der Waals surface area contributed by atoms with E-state index in [0.29, 0.717) is 6.42 Å². The maximum atomic E-state index is 11.4. The zero-order valence-electron chi connectivity index (χ0n) is 9.33. The monoisotopic (exact) mass is 239 g/mol. The molecule has 1 atom stereocenters. The summed E-state index contributed by atoms with van der Waals surface area (Å²) in [5.74, 6) is -0.874. The second-order valence-electron chi connectivity index (χ2n) is 3.39. The summed E-state index contributed by atoms with van der Waals surface area (Å²) in [6.45, 7) is 1.99. The van der Waals surface area contributed by atoms with Crippen molar-refractivity contribution in [2.45, 2.75) is 19.4 Å². The Balaban J connectivity index is 2.91. The number of hydrogen-bond donors (Lipinski definition) is 1. The van der Waals surface area contributed by atoms with Crippen LogP contribution in [-0.4, -0.2) is 22.6 Å². The van der Waals surface area contributed by atoms with Gasteiger partial charge in [-0.2, -0.15) is 0 Å². The van der Waals surface area contributed by atoms with Crippen molar-refractivity contribution >= 4 is 11.7 Å². The molecule has 0 aliphatic rings. The summed E-state index contributed by atoms with van der Waals surface area (Å²) in [6.07, 6.45) is -1.00. The minimum atomic E-state index is -1.62. The number of esters is 1. The first kappa shape index (κ1) is 13.1.